The van der Waals surface area contributed by atoms with Crippen molar-refractivity contribution in [2.24, 2.45) is 0 Å². The molecule has 6 nitrogen and oxygen atoms in total. The Hall–Kier alpha value is -3.25. The predicted octanol–water partition coefficient (Wildman–Crippen LogP) is 6.43. The Kier molecular flexibility index (Phi) is 6.81. The van der Waals surface area contributed by atoms with E-state index in [9.17, 15) is 0 Å². The van der Waals surface area contributed by atoms with Crippen LogP contribution in [0.25, 0.3) is 16.8 Å². The SMILES string of the molecule is CCCN(CCC)c1c(-c2ccccc2)c(Nc2ccc(OC)cc2Cl)nc2ccnn12. The van der Waals surface area contributed by atoms with Gasteiger partial charge in [-0.2, -0.15) is 9.61 Å². The molecule has 4 aromatic rings. The normalized spacial score (nSPS) is 11.0. The number of halogens is 1. The number of fused-ring (bicyclic) bond motifs is 1. The maximum atomic E-state index is 6.56. The Labute approximate surface area is 193 Å². The number of nitrogens with zero attached hydrogens (tertiary/aromatic N) is 4. The van der Waals surface area contributed by atoms with Crippen LogP contribution in [0.15, 0.2) is 60.8 Å². The highest BCUT2D eigenvalue weighted by atomic mass is 35.5. The average Bonchev–Trinajstić information content (AvgIpc) is 3.28. The molecule has 0 fully saturated rings. The zero-order chi connectivity index (χ0) is 22.5. The lowest BCUT2D eigenvalue weighted by Crippen LogP contribution is -2.28. The van der Waals surface area contributed by atoms with E-state index in [1.807, 2.05) is 40.9 Å². The Morgan fingerprint density at radius 3 is 2.44 bits per heavy atom. The minimum Gasteiger partial charge on any atom is -0.497 e. The quantitative estimate of drug-likeness (QED) is 0.319. The van der Waals surface area contributed by atoms with Gasteiger partial charge in [0, 0.05) is 25.2 Å². The Bertz CT molecular complexity index is 1190. The van der Waals surface area contributed by atoms with E-state index in [4.69, 9.17) is 21.3 Å². The third-order valence-corrected chi connectivity index (χ3v) is 5.60. The van der Waals surface area contributed by atoms with E-state index < -0.39 is 0 Å². The van der Waals surface area contributed by atoms with Crippen LogP contribution < -0.4 is 15.0 Å². The number of aromatic nitrogens is 3. The summed E-state index contributed by atoms with van der Waals surface area (Å²) < 4.78 is 7.24. The second kappa shape index (κ2) is 9.92. The summed E-state index contributed by atoms with van der Waals surface area (Å²) in [6.45, 7) is 6.25. The van der Waals surface area contributed by atoms with E-state index in [1.54, 1.807) is 19.4 Å². The van der Waals surface area contributed by atoms with Gasteiger partial charge in [0.05, 0.1) is 29.6 Å². The average molecular weight is 450 g/mol. The fraction of sp³-hybridized carbons (Fsp3) is 0.280. The molecule has 0 aliphatic carbocycles. The molecule has 0 radical (unpaired) electrons. The maximum absolute atomic E-state index is 6.56. The summed E-state index contributed by atoms with van der Waals surface area (Å²) in [4.78, 5) is 7.32. The van der Waals surface area contributed by atoms with Gasteiger partial charge in [-0.05, 0) is 30.5 Å². The topological polar surface area (TPSA) is 54.7 Å². The molecule has 0 aliphatic heterocycles. The van der Waals surface area contributed by atoms with Gasteiger partial charge in [-0.15, -0.1) is 0 Å². The van der Waals surface area contributed by atoms with E-state index in [1.165, 1.54) is 0 Å². The van der Waals surface area contributed by atoms with Gasteiger partial charge >= 0.3 is 0 Å². The van der Waals surface area contributed by atoms with Crippen LogP contribution in [-0.2, 0) is 0 Å². The highest BCUT2D eigenvalue weighted by Crippen LogP contribution is 2.39. The summed E-state index contributed by atoms with van der Waals surface area (Å²) >= 11 is 6.56. The highest BCUT2D eigenvalue weighted by molar-refractivity contribution is 6.33. The number of rotatable bonds is 9. The highest BCUT2D eigenvalue weighted by Gasteiger charge is 2.22. The van der Waals surface area contributed by atoms with Crippen LogP contribution in [0.4, 0.5) is 17.3 Å². The van der Waals surface area contributed by atoms with Crippen molar-refractivity contribution in [2.75, 3.05) is 30.4 Å². The molecule has 0 aliphatic rings. The number of nitrogens with one attached hydrogen (secondary N) is 1. The van der Waals surface area contributed by atoms with Gasteiger partial charge in [0.25, 0.3) is 0 Å². The van der Waals surface area contributed by atoms with Gasteiger partial charge in [-0.1, -0.05) is 55.8 Å². The van der Waals surface area contributed by atoms with Crippen LogP contribution in [0.5, 0.6) is 5.75 Å². The summed E-state index contributed by atoms with van der Waals surface area (Å²) in [5.41, 5.74) is 3.61. The zero-order valence-corrected chi connectivity index (χ0v) is 19.4. The Morgan fingerprint density at radius 2 is 1.78 bits per heavy atom. The minimum atomic E-state index is 0.569. The van der Waals surface area contributed by atoms with E-state index in [0.29, 0.717) is 10.8 Å². The first-order valence-electron chi connectivity index (χ1n) is 10.9. The number of ether oxygens (including phenoxy) is 1. The predicted molar refractivity (Wildman–Crippen MR) is 133 cm³/mol. The van der Waals surface area contributed by atoms with E-state index >= 15 is 0 Å². The Morgan fingerprint density at radius 1 is 1.03 bits per heavy atom. The van der Waals surface area contributed by atoms with Crippen LogP contribution >= 0.6 is 11.6 Å². The van der Waals surface area contributed by atoms with Gasteiger partial charge in [-0.25, -0.2) is 4.98 Å². The molecule has 166 valence electrons. The second-order valence-electron chi connectivity index (χ2n) is 7.58. The molecule has 4 rings (SSSR count). The summed E-state index contributed by atoms with van der Waals surface area (Å²) in [6.07, 6.45) is 3.86. The number of anilines is 3. The lowest BCUT2D eigenvalue weighted by molar-refractivity contribution is 0.415. The smallest absolute Gasteiger partial charge is 0.159 e. The van der Waals surface area contributed by atoms with Gasteiger partial charge in [0.15, 0.2) is 5.65 Å². The van der Waals surface area contributed by atoms with E-state index in [2.05, 4.69) is 41.3 Å². The van der Waals surface area contributed by atoms with Crippen molar-refractivity contribution in [3.63, 3.8) is 0 Å². The first-order chi connectivity index (χ1) is 15.7. The zero-order valence-electron chi connectivity index (χ0n) is 18.7. The van der Waals surface area contributed by atoms with Crippen molar-refractivity contribution >= 4 is 34.6 Å². The first-order valence-corrected chi connectivity index (χ1v) is 11.3. The summed E-state index contributed by atoms with van der Waals surface area (Å²) in [6, 6.07) is 17.8. The molecule has 32 heavy (non-hydrogen) atoms. The lowest BCUT2D eigenvalue weighted by atomic mass is 10.1. The van der Waals surface area contributed by atoms with Gasteiger partial charge in [-0.3, -0.25) is 0 Å². The molecule has 1 N–H and O–H groups in total. The van der Waals surface area contributed by atoms with Crippen molar-refractivity contribution in [3.8, 4) is 16.9 Å². The largest absolute Gasteiger partial charge is 0.497 e. The van der Waals surface area contributed by atoms with Crippen molar-refractivity contribution in [3.05, 3.63) is 65.8 Å². The van der Waals surface area contributed by atoms with E-state index in [0.717, 1.165) is 60.0 Å². The molecule has 0 spiro atoms. The van der Waals surface area contributed by atoms with Crippen molar-refractivity contribution < 1.29 is 4.74 Å². The minimum absolute atomic E-state index is 0.569. The Balaban J connectivity index is 1.96. The number of hydrogen-bond acceptors (Lipinski definition) is 5. The van der Waals surface area contributed by atoms with Crippen molar-refractivity contribution in [1.82, 2.24) is 14.6 Å². The summed E-state index contributed by atoms with van der Waals surface area (Å²) in [7, 11) is 1.63. The summed E-state index contributed by atoms with van der Waals surface area (Å²) in [5, 5.41) is 8.67. The van der Waals surface area contributed by atoms with Crippen LogP contribution in [0.1, 0.15) is 26.7 Å². The third-order valence-electron chi connectivity index (χ3n) is 5.29. The number of benzene rings is 2. The van der Waals surface area contributed by atoms with Crippen molar-refractivity contribution in [2.45, 2.75) is 26.7 Å². The molecule has 0 atom stereocenters. The monoisotopic (exact) mass is 449 g/mol. The number of methoxy groups -OCH3 is 1. The molecule has 0 unspecified atom stereocenters. The molecular weight excluding hydrogens is 422 g/mol. The van der Waals surface area contributed by atoms with Gasteiger partial charge in [0.2, 0.25) is 0 Å². The fourth-order valence-electron chi connectivity index (χ4n) is 3.89. The van der Waals surface area contributed by atoms with Crippen LogP contribution in [-0.4, -0.2) is 34.8 Å². The van der Waals surface area contributed by atoms with Crippen LogP contribution in [0.3, 0.4) is 0 Å². The van der Waals surface area contributed by atoms with Crippen molar-refractivity contribution in [1.29, 1.82) is 0 Å². The fourth-order valence-corrected chi connectivity index (χ4v) is 4.11. The van der Waals surface area contributed by atoms with Crippen LogP contribution in [0, 0.1) is 0 Å². The molecule has 2 aromatic heterocycles. The molecule has 0 bridgehead atoms. The van der Waals surface area contributed by atoms with E-state index in [-0.39, 0.29) is 0 Å². The molecular formula is C25H28ClN5O. The van der Waals surface area contributed by atoms with Gasteiger partial charge in [0.1, 0.15) is 17.4 Å². The lowest BCUT2D eigenvalue weighted by Gasteiger charge is -2.28. The molecule has 0 amide bonds. The molecule has 2 aromatic carbocycles. The molecule has 2 heterocycles. The maximum Gasteiger partial charge on any atom is 0.159 e. The standard InChI is InChI=1S/C25H28ClN5O/c1-4-15-30(16-5-2)25-23(18-9-7-6-8-10-18)24(29-22-13-14-27-31(22)25)28-21-12-11-19(32-3)17-20(21)26/h6-14,17H,4-5,15-16H2,1-3H3,(H,28,29). The molecule has 7 heteroatoms. The third kappa shape index (κ3) is 4.36. The van der Waals surface area contributed by atoms with Gasteiger partial charge < -0.3 is 15.0 Å². The number of hydrogen-bond donors (Lipinski definition) is 1. The summed E-state index contributed by atoms with van der Waals surface area (Å²) in [5.74, 6) is 2.48. The first kappa shape index (κ1) is 22.0. The van der Waals surface area contributed by atoms with Crippen LogP contribution in [0.2, 0.25) is 5.02 Å². The molecule has 0 saturated carbocycles. The molecule has 0 saturated heterocycles. The second-order valence-corrected chi connectivity index (χ2v) is 7.99.